The number of benzene rings is 3. The highest BCUT2D eigenvalue weighted by Crippen LogP contribution is 2.34. The van der Waals surface area contributed by atoms with Crippen LogP contribution in [-0.2, 0) is 10.3 Å². The van der Waals surface area contributed by atoms with Gasteiger partial charge in [-0.2, -0.15) is 0 Å². The van der Waals surface area contributed by atoms with Gasteiger partial charge in [-0.15, -0.1) is 12.4 Å². The maximum absolute atomic E-state index is 13.1. The molecule has 0 radical (unpaired) electrons. The maximum atomic E-state index is 13.1. The summed E-state index contributed by atoms with van der Waals surface area (Å²) in [6.07, 6.45) is 2.01. The molecule has 220 valence electrons. The number of piperidine rings is 1. The summed E-state index contributed by atoms with van der Waals surface area (Å²) in [5.41, 5.74) is 2.36. The summed E-state index contributed by atoms with van der Waals surface area (Å²) in [5.74, 6) is 0.0622. The summed E-state index contributed by atoms with van der Waals surface area (Å²) >= 11 is 12.6. The highest BCUT2D eigenvalue weighted by molar-refractivity contribution is 6.42. The van der Waals surface area contributed by atoms with Crippen molar-refractivity contribution in [2.24, 2.45) is 0 Å². The number of carbonyl (C=O) groups is 2. The van der Waals surface area contributed by atoms with Gasteiger partial charge in [0.2, 0.25) is 0 Å². The first-order valence-corrected chi connectivity index (χ1v) is 14.5. The van der Waals surface area contributed by atoms with Gasteiger partial charge in [-0.3, -0.25) is 4.79 Å². The molecule has 0 aliphatic carbocycles. The smallest absolute Gasteiger partial charge is 0.407 e. The van der Waals surface area contributed by atoms with Crippen LogP contribution in [0, 0.1) is 0 Å². The van der Waals surface area contributed by atoms with Crippen LogP contribution in [0.15, 0.2) is 78.9 Å². The van der Waals surface area contributed by atoms with Crippen molar-refractivity contribution in [3.05, 3.63) is 106 Å². The molecule has 1 atom stereocenters. The summed E-state index contributed by atoms with van der Waals surface area (Å²) < 4.78 is 5.24. The second-order valence-corrected chi connectivity index (χ2v) is 11.2. The molecule has 3 aromatic rings. The number of rotatable bonds is 10. The average molecular weight is 619 g/mol. The fourth-order valence-corrected chi connectivity index (χ4v) is 5.75. The Hall–Kier alpha value is -2.77. The first-order chi connectivity index (χ1) is 19.3. The Kier molecular flexibility index (Phi) is 12.3. The molecule has 0 saturated carbocycles. The fourth-order valence-electron chi connectivity index (χ4n) is 5.45. The number of likely N-dealkylation sites (tertiary alicyclic amines) is 1. The molecule has 1 heterocycles. The third-order valence-electron chi connectivity index (χ3n) is 7.72. The normalized spacial score (nSPS) is 15.3. The van der Waals surface area contributed by atoms with Crippen molar-refractivity contribution >= 4 is 47.6 Å². The van der Waals surface area contributed by atoms with Crippen molar-refractivity contribution in [2.45, 2.75) is 37.6 Å². The number of halogens is 3. The van der Waals surface area contributed by atoms with E-state index in [1.165, 1.54) is 0 Å². The van der Waals surface area contributed by atoms with Gasteiger partial charge in [0.25, 0.3) is 5.91 Å². The summed E-state index contributed by atoms with van der Waals surface area (Å²) in [5, 5.41) is 4.19. The summed E-state index contributed by atoms with van der Waals surface area (Å²) in [6, 6.07) is 25.2. The molecule has 9 heteroatoms. The minimum atomic E-state index is -0.463. The summed E-state index contributed by atoms with van der Waals surface area (Å²) in [4.78, 5) is 29.8. The van der Waals surface area contributed by atoms with Crippen LogP contribution in [0.25, 0.3) is 0 Å². The van der Waals surface area contributed by atoms with Crippen molar-refractivity contribution in [3.8, 4) is 0 Å². The molecule has 0 aromatic heterocycles. The number of amides is 2. The van der Waals surface area contributed by atoms with Crippen LogP contribution in [0.2, 0.25) is 10.0 Å². The number of hydrogen-bond donors (Lipinski definition) is 1. The van der Waals surface area contributed by atoms with Crippen molar-refractivity contribution in [3.63, 3.8) is 0 Å². The zero-order chi connectivity index (χ0) is 28.5. The van der Waals surface area contributed by atoms with E-state index in [1.54, 1.807) is 4.90 Å². The second-order valence-electron chi connectivity index (χ2n) is 10.3. The molecule has 1 fully saturated rings. The third-order valence-corrected chi connectivity index (χ3v) is 8.46. The van der Waals surface area contributed by atoms with Crippen molar-refractivity contribution in [1.29, 1.82) is 0 Å². The lowest BCUT2D eigenvalue weighted by Gasteiger charge is -2.42. The lowest BCUT2D eigenvalue weighted by molar-refractivity contribution is 0.0776. The van der Waals surface area contributed by atoms with Crippen LogP contribution in [0.1, 0.15) is 53.6 Å². The molecule has 0 spiro atoms. The molecular formula is C32H38Cl3N3O3. The van der Waals surface area contributed by atoms with Crippen molar-refractivity contribution in [1.82, 2.24) is 15.1 Å². The number of likely N-dealkylation sites (N-methyl/N-ethyl adjacent to an activating group) is 1. The van der Waals surface area contributed by atoms with Gasteiger partial charge >= 0.3 is 6.09 Å². The first kappa shape index (κ1) is 32.7. The quantitative estimate of drug-likeness (QED) is 0.257. The fraction of sp³-hybridized carbons (Fsp3) is 0.375. The van der Waals surface area contributed by atoms with Crippen molar-refractivity contribution < 1.29 is 14.3 Å². The third kappa shape index (κ3) is 8.62. The minimum Gasteiger partial charge on any atom is -0.450 e. The summed E-state index contributed by atoms with van der Waals surface area (Å²) in [7, 11) is 1.84. The molecule has 4 rings (SSSR count). The topological polar surface area (TPSA) is 61.9 Å². The van der Waals surface area contributed by atoms with Gasteiger partial charge in [0.1, 0.15) is 0 Å². The van der Waals surface area contributed by atoms with E-state index in [-0.39, 0.29) is 30.3 Å². The predicted octanol–water partition coefficient (Wildman–Crippen LogP) is 7.40. The second kappa shape index (κ2) is 15.5. The van der Waals surface area contributed by atoms with Gasteiger partial charge in [0.05, 0.1) is 22.2 Å². The van der Waals surface area contributed by atoms with Gasteiger partial charge in [0, 0.05) is 38.2 Å². The molecule has 1 N–H and O–H groups in total. The first-order valence-electron chi connectivity index (χ1n) is 13.8. The molecule has 41 heavy (non-hydrogen) atoms. The van der Waals surface area contributed by atoms with Gasteiger partial charge in [0.15, 0.2) is 0 Å². The zero-order valence-electron chi connectivity index (χ0n) is 23.5. The standard InChI is InChI=1S/C32H37Cl2N3O3.ClH/c1-3-40-31(39)35-32(27-12-8-5-9-13-27)17-20-37(21-18-32)19-16-26(25-14-15-28(33)29(34)22-25)23-36(2)30(38)24-10-6-4-7-11-24;/h4-15,22,26H,3,16-21,23H2,1-2H3,(H,35,39);1H. The van der Waals surface area contributed by atoms with E-state index in [2.05, 4.69) is 22.3 Å². The predicted molar refractivity (Wildman–Crippen MR) is 168 cm³/mol. The zero-order valence-corrected chi connectivity index (χ0v) is 25.9. The number of hydrogen-bond acceptors (Lipinski definition) is 4. The highest BCUT2D eigenvalue weighted by Gasteiger charge is 2.38. The molecule has 1 aliphatic heterocycles. The summed E-state index contributed by atoms with van der Waals surface area (Å²) in [6.45, 7) is 5.20. The lowest BCUT2D eigenvalue weighted by atomic mass is 9.80. The molecular weight excluding hydrogens is 581 g/mol. The number of ether oxygens (including phenoxy) is 1. The van der Waals surface area contributed by atoms with Crippen LogP contribution >= 0.6 is 35.6 Å². The molecule has 6 nitrogen and oxygen atoms in total. The van der Waals surface area contributed by atoms with E-state index >= 15 is 0 Å². The van der Waals surface area contributed by atoms with Gasteiger partial charge in [-0.05, 0) is 68.1 Å². The average Bonchev–Trinajstić information content (AvgIpc) is 2.98. The SMILES string of the molecule is CCOC(=O)NC1(c2ccccc2)CCN(CCC(CN(C)C(=O)c2ccccc2)c2ccc(Cl)c(Cl)c2)CC1.Cl. The Morgan fingerprint density at radius 1 is 0.976 bits per heavy atom. The van der Waals surface area contributed by atoms with E-state index in [9.17, 15) is 9.59 Å². The van der Waals surface area contributed by atoms with E-state index in [4.69, 9.17) is 27.9 Å². The molecule has 1 saturated heterocycles. The van der Waals surface area contributed by atoms with Gasteiger partial charge < -0.3 is 19.9 Å². The van der Waals surface area contributed by atoms with E-state index < -0.39 is 5.54 Å². The Morgan fingerprint density at radius 3 is 2.22 bits per heavy atom. The monoisotopic (exact) mass is 617 g/mol. The largest absolute Gasteiger partial charge is 0.450 e. The van der Waals surface area contributed by atoms with Gasteiger partial charge in [-0.1, -0.05) is 77.8 Å². The number of alkyl carbamates (subject to hydrolysis) is 1. The minimum absolute atomic E-state index is 0. The van der Waals surface area contributed by atoms with Gasteiger partial charge in [-0.25, -0.2) is 4.79 Å². The number of nitrogens with zero attached hydrogens (tertiary/aromatic N) is 2. The Morgan fingerprint density at radius 2 is 1.61 bits per heavy atom. The molecule has 1 aliphatic rings. The lowest BCUT2D eigenvalue weighted by Crippen LogP contribution is -2.53. The van der Waals surface area contributed by atoms with Crippen LogP contribution < -0.4 is 5.32 Å². The Labute approximate surface area is 259 Å². The highest BCUT2D eigenvalue weighted by atomic mass is 35.5. The number of carbonyl (C=O) groups excluding carboxylic acids is 2. The molecule has 3 aromatic carbocycles. The van der Waals surface area contributed by atoms with Crippen LogP contribution in [0.3, 0.4) is 0 Å². The molecule has 1 unspecified atom stereocenters. The maximum Gasteiger partial charge on any atom is 0.407 e. The van der Waals surface area contributed by atoms with Crippen LogP contribution in [0.4, 0.5) is 4.79 Å². The van der Waals surface area contributed by atoms with Crippen LogP contribution in [0.5, 0.6) is 0 Å². The number of nitrogens with one attached hydrogen (secondary N) is 1. The van der Waals surface area contributed by atoms with E-state index in [0.717, 1.165) is 50.0 Å². The van der Waals surface area contributed by atoms with E-state index in [0.29, 0.717) is 28.8 Å². The Bertz CT molecular complexity index is 1270. The van der Waals surface area contributed by atoms with Crippen molar-refractivity contribution in [2.75, 3.05) is 39.8 Å². The van der Waals surface area contributed by atoms with E-state index in [1.807, 2.05) is 80.7 Å². The molecule has 0 bridgehead atoms. The van der Waals surface area contributed by atoms with Crippen LogP contribution in [-0.4, -0.2) is 61.6 Å². The molecule has 2 amide bonds. The Balaban J connectivity index is 0.00000462.